The zero-order chi connectivity index (χ0) is 60.8. The van der Waals surface area contributed by atoms with Crippen molar-refractivity contribution < 1.29 is 85.9 Å². The molecule has 22 heteroatoms. The Kier molecular flexibility index (Phi) is 19.7. The number of aliphatic hydroxyl groups is 1. The maximum Gasteiger partial charge on any atom is 0.509 e. The molecule has 1 unspecified atom stereocenters. The molecule has 1 saturated carbocycles. The van der Waals surface area contributed by atoms with Crippen LogP contribution in [0, 0.1) is 23.7 Å². The largest absolute Gasteiger partial charge is 0.509 e. The summed E-state index contributed by atoms with van der Waals surface area (Å²) in [5, 5.41) is 13.4. The molecule has 0 bridgehead atoms. The number of esters is 3. The van der Waals surface area contributed by atoms with E-state index in [1.807, 2.05) is 111 Å². The zero-order valence-electron chi connectivity index (χ0n) is 51.6. The SMILES string of the molecule is CCOC(=O)c1cn2c3c(cc(C=CCOCCO[C@H]4[C@H](C)O[C@@H](O[C@H]5[C@H](C)[C@@H](O[C@@H]6O[C@H](C)C[C@H](N(C)C)[C@H]6OC(C)=O)[C@](C)(O)C[C@@H](C)CN(C)[C@H](C)[C@H]6OC(=O)O[C@@]67C(C)[C@H]7OC(=O)[C@@H]5C)C[C@@]4(C)OC)cc3c1=O)COC2(C)C. The number of carbonyl (C=O) groups excluding carboxylic acids is 4. The molecule has 1 N–H and O–H groups in total. The molecule has 1 aliphatic carbocycles. The number of benzene rings is 1. The van der Waals surface area contributed by atoms with E-state index in [1.54, 1.807) is 33.9 Å². The zero-order valence-corrected chi connectivity index (χ0v) is 51.6. The summed E-state index contributed by atoms with van der Waals surface area (Å²) < 4.78 is 83.2. The van der Waals surface area contributed by atoms with Crippen molar-refractivity contribution >= 4 is 41.0 Å². The molecule has 0 amide bonds. The predicted molar refractivity (Wildman–Crippen MR) is 302 cm³/mol. The van der Waals surface area contributed by atoms with Crippen molar-refractivity contribution in [2.45, 2.75) is 212 Å². The van der Waals surface area contributed by atoms with E-state index in [1.165, 1.54) is 13.1 Å². The van der Waals surface area contributed by atoms with Crippen molar-refractivity contribution in [1.82, 2.24) is 14.4 Å². The van der Waals surface area contributed by atoms with Crippen LogP contribution in [-0.2, 0) is 83.5 Å². The molecule has 83 heavy (non-hydrogen) atoms. The number of ether oxygens (including phenoxy) is 13. The highest BCUT2D eigenvalue weighted by Gasteiger charge is 2.78. The van der Waals surface area contributed by atoms with Crippen LogP contribution in [0.2, 0.25) is 0 Å². The topological polar surface area (TPSA) is 237 Å². The highest BCUT2D eigenvalue weighted by Crippen LogP contribution is 2.57. The molecule has 1 aromatic carbocycles. The molecule has 19 atom stereocenters. The second-order valence-corrected chi connectivity index (χ2v) is 25.2. The van der Waals surface area contributed by atoms with Crippen LogP contribution >= 0.6 is 0 Å². The third-order valence-electron chi connectivity index (χ3n) is 18.1. The Morgan fingerprint density at radius 3 is 2.31 bits per heavy atom. The molecule has 2 aromatic rings. The second kappa shape index (κ2) is 25.4. The Morgan fingerprint density at radius 2 is 1.64 bits per heavy atom. The van der Waals surface area contributed by atoms with Gasteiger partial charge in [-0.1, -0.05) is 32.9 Å². The minimum atomic E-state index is -1.63. The molecule has 22 nitrogen and oxygen atoms in total. The molecule has 5 fully saturated rings. The van der Waals surface area contributed by atoms with Gasteiger partial charge in [-0.3, -0.25) is 19.3 Å². The van der Waals surface area contributed by atoms with Gasteiger partial charge in [0.1, 0.15) is 17.4 Å². The van der Waals surface area contributed by atoms with Crippen molar-refractivity contribution in [1.29, 1.82) is 0 Å². The number of hydrogen-bond donors (Lipinski definition) is 1. The monoisotopic (exact) mass is 1170 g/mol. The van der Waals surface area contributed by atoms with Crippen LogP contribution in [0.25, 0.3) is 17.0 Å². The number of carbonyl (C=O) groups is 4. The summed E-state index contributed by atoms with van der Waals surface area (Å²) >= 11 is 0. The number of pyridine rings is 1. The van der Waals surface area contributed by atoms with Gasteiger partial charge >= 0.3 is 24.1 Å². The summed E-state index contributed by atoms with van der Waals surface area (Å²) in [6, 6.07) is 3.05. The lowest BCUT2D eigenvalue weighted by Gasteiger charge is -2.49. The fourth-order valence-electron chi connectivity index (χ4n) is 13.7. The molecule has 464 valence electrons. The lowest BCUT2D eigenvalue weighted by atomic mass is 9.77. The smallest absolute Gasteiger partial charge is 0.462 e. The van der Waals surface area contributed by atoms with Crippen LogP contribution in [0.3, 0.4) is 0 Å². The molecular weight excluding hydrogens is 1080 g/mol. The van der Waals surface area contributed by atoms with Gasteiger partial charge in [0.25, 0.3) is 0 Å². The van der Waals surface area contributed by atoms with Crippen LogP contribution in [0.15, 0.2) is 29.2 Å². The Morgan fingerprint density at radius 1 is 0.916 bits per heavy atom. The van der Waals surface area contributed by atoms with Crippen molar-refractivity contribution in [3.63, 3.8) is 0 Å². The van der Waals surface area contributed by atoms with Gasteiger partial charge in [0.2, 0.25) is 5.43 Å². The van der Waals surface area contributed by atoms with E-state index in [9.17, 15) is 29.1 Å². The van der Waals surface area contributed by atoms with Crippen molar-refractivity contribution in [3.8, 4) is 0 Å². The van der Waals surface area contributed by atoms with Gasteiger partial charge in [-0.05, 0) is 120 Å². The number of rotatable bonds is 16. The highest BCUT2D eigenvalue weighted by molar-refractivity contribution is 5.95. The van der Waals surface area contributed by atoms with Gasteiger partial charge in [0, 0.05) is 62.0 Å². The van der Waals surface area contributed by atoms with E-state index >= 15 is 0 Å². The van der Waals surface area contributed by atoms with Crippen molar-refractivity contribution in [2.24, 2.45) is 23.7 Å². The minimum Gasteiger partial charge on any atom is -0.462 e. The third-order valence-corrected chi connectivity index (χ3v) is 18.1. The second-order valence-electron chi connectivity index (χ2n) is 25.2. The molecule has 6 heterocycles. The van der Waals surface area contributed by atoms with Crippen molar-refractivity contribution in [2.75, 3.05) is 61.2 Å². The first-order chi connectivity index (χ1) is 39.0. The number of likely N-dealkylation sites (N-methyl/N-ethyl adjacent to an activating group) is 2. The molecule has 1 spiro atoms. The summed E-state index contributed by atoms with van der Waals surface area (Å²) in [5.41, 5.74) is -2.85. The van der Waals surface area contributed by atoms with E-state index in [0.29, 0.717) is 23.9 Å². The van der Waals surface area contributed by atoms with Crippen LogP contribution < -0.4 is 5.43 Å². The molecule has 5 aliphatic heterocycles. The Hall–Kier alpha value is -4.59. The van der Waals surface area contributed by atoms with Crippen molar-refractivity contribution in [3.05, 3.63) is 51.3 Å². The molecule has 8 rings (SSSR count). The van der Waals surface area contributed by atoms with Crippen LogP contribution in [-0.4, -0.2) is 195 Å². The maximum atomic E-state index is 14.8. The van der Waals surface area contributed by atoms with Crippen LogP contribution in [0.5, 0.6) is 0 Å². The Labute approximate surface area is 487 Å². The predicted octanol–water partition coefficient (Wildman–Crippen LogP) is 6.34. The van der Waals surface area contributed by atoms with E-state index in [4.69, 9.17) is 61.6 Å². The van der Waals surface area contributed by atoms with Gasteiger partial charge in [-0.25, -0.2) is 9.59 Å². The summed E-state index contributed by atoms with van der Waals surface area (Å²) in [7, 11) is 7.31. The standard InChI is InChI=1S/C61H91N3O19/c1-18-73-55(68)43-30-64-46-41(31-75-58(64,10)11)25-40(26-42(46)47(43)66)20-19-21-72-22-23-74-53-38(8)77-45(28-60(53,13)71-17)79-48-34(4)50(81-56-49(78-39(9)65)44(62(14)15)24-33(3)76-56)59(12,70)27-32(2)29-63(16)37(7)52-61(83-57(69)82-52)36(6)51(61)80-54(67)35(48)5/h19-20,25-26,30,32-38,44-45,48-53,56,70H,18,21-24,27-29,31H2,1-17H3/t32-,33-,34+,35-,36?,37-,38+,44+,45+,48+,49-,50-,51-,52-,53+,56+,59-,60-,61-/m1/s1. The fourth-order valence-corrected chi connectivity index (χ4v) is 13.7. The molecule has 1 aromatic heterocycles. The van der Waals surface area contributed by atoms with Crippen LogP contribution in [0.4, 0.5) is 4.79 Å². The number of aromatic nitrogens is 1. The lowest BCUT2D eigenvalue weighted by Crippen LogP contribution is -2.61. The molecule has 6 aliphatic rings. The fraction of sp³-hybridized carbons (Fsp3) is 0.754. The molecule has 4 saturated heterocycles. The first-order valence-corrected chi connectivity index (χ1v) is 29.4. The number of nitrogens with zero attached hydrogens (tertiary/aromatic N) is 3. The average Bonchev–Trinajstić information content (AvgIpc) is 1.95. The van der Waals surface area contributed by atoms with E-state index < -0.39 is 119 Å². The van der Waals surface area contributed by atoms with Gasteiger partial charge in [-0.15, -0.1) is 0 Å². The number of methoxy groups -OCH3 is 1. The van der Waals surface area contributed by atoms with E-state index in [0.717, 1.165) is 11.1 Å². The van der Waals surface area contributed by atoms with Crippen LogP contribution in [0.1, 0.15) is 131 Å². The Bertz CT molecular complexity index is 2770. The minimum absolute atomic E-state index is 0.0634. The maximum absolute atomic E-state index is 14.8. The average molecular weight is 1170 g/mol. The van der Waals surface area contributed by atoms with Gasteiger partial charge in [0.15, 0.2) is 36.5 Å². The summed E-state index contributed by atoms with van der Waals surface area (Å²) in [6.07, 6.45) is -3.02. The van der Waals surface area contributed by atoms with E-state index in [2.05, 4.69) is 4.90 Å². The summed E-state index contributed by atoms with van der Waals surface area (Å²) in [5.74, 6) is -4.25. The first kappa shape index (κ1) is 64.4. The van der Waals surface area contributed by atoms with Gasteiger partial charge in [-0.2, -0.15) is 0 Å². The highest BCUT2D eigenvalue weighted by atomic mass is 16.8. The third kappa shape index (κ3) is 13.2. The summed E-state index contributed by atoms with van der Waals surface area (Å²) in [6.45, 7) is 25.0. The lowest BCUT2D eigenvalue weighted by molar-refractivity contribution is -0.321. The summed E-state index contributed by atoms with van der Waals surface area (Å²) in [4.78, 5) is 71.1. The Balaban J connectivity index is 1.01. The first-order valence-electron chi connectivity index (χ1n) is 29.4. The van der Waals surface area contributed by atoms with E-state index in [-0.39, 0.29) is 81.5 Å². The van der Waals surface area contributed by atoms with Gasteiger partial charge in [0.05, 0.1) is 86.1 Å². The van der Waals surface area contributed by atoms with Gasteiger partial charge < -0.3 is 76.2 Å². The number of hydrogen-bond acceptors (Lipinski definition) is 21. The quantitative estimate of drug-likeness (QED) is 0.110. The molecular formula is C61H91N3O19. The molecule has 0 radical (unpaired) electrons. The normalized spacial score (nSPS) is 38.5.